The van der Waals surface area contributed by atoms with E-state index in [0.29, 0.717) is 12.0 Å². The second-order valence-corrected chi connectivity index (χ2v) is 6.27. The zero-order chi connectivity index (χ0) is 13.5. The highest BCUT2D eigenvalue weighted by Gasteiger charge is 2.26. The zero-order valence-electron chi connectivity index (χ0n) is 12.4. The van der Waals surface area contributed by atoms with Crippen molar-refractivity contribution in [3.63, 3.8) is 0 Å². The Bertz CT molecular complexity index is 241. The number of rotatable bonds is 3. The summed E-state index contributed by atoms with van der Waals surface area (Å²) in [5.41, 5.74) is 0. The van der Waals surface area contributed by atoms with Gasteiger partial charge in [-0.25, -0.2) is 0 Å². The van der Waals surface area contributed by atoms with E-state index in [1.54, 1.807) is 6.08 Å². The lowest BCUT2D eigenvalue weighted by Gasteiger charge is -2.34. The first-order valence-electron chi connectivity index (χ1n) is 7.61. The summed E-state index contributed by atoms with van der Waals surface area (Å²) in [5, 5.41) is 13.1. The first kappa shape index (κ1) is 15.7. The molecule has 18 heavy (non-hydrogen) atoms. The van der Waals surface area contributed by atoms with Crippen molar-refractivity contribution in [2.24, 2.45) is 17.8 Å². The summed E-state index contributed by atoms with van der Waals surface area (Å²) < 4.78 is 0. The molecule has 1 saturated carbocycles. The van der Waals surface area contributed by atoms with Crippen LogP contribution in [0.4, 0.5) is 0 Å². The van der Waals surface area contributed by atoms with E-state index in [9.17, 15) is 5.11 Å². The fraction of sp³-hybridized carbons (Fsp3) is 0.875. The van der Waals surface area contributed by atoms with E-state index in [0.717, 1.165) is 18.3 Å². The van der Waals surface area contributed by atoms with Gasteiger partial charge in [-0.05, 0) is 30.3 Å². The molecule has 0 radical (unpaired) electrons. The van der Waals surface area contributed by atoms with Gasteiger partial charge in [0.25, 0.3) is 0 Å². The van der Waals surface area contributed by atoms with Crippen LogP contribution in [-0.4, -0.2) is 17.4 Å². The zero-order valence-corrected chi connectivity index (χ0v) is 12.4. The molecule has 0 saturated heterocycles. The van der Waals surface area contributed by atoms with Crippen LogP contribution in [0.1, 0.15) is 59.3 Å². The van der Waals surface area contributed by atoms with E-state index in [4.69, 9.17) is 0 Å². The number of nitrogens with one attached hydrogen (secondary N) is 1. The topological polar surface area (TPSA) is 32.3 Å². The molecule has 0 bridgehead atoms. The Hall–Kier alpha value is -0.340. The van der Waals surface area contributed by atoms with E-state index in [1.807, 2.05) is 0 Å². The Labute approximate surface area is 113 Å². The van der Waals surface area contributed by atoms with Gasteiger partial charge >= 0.3 is 0 Å². The molecule has 0 amide bonds. The molecule has 0 aromatic heterocycles. The molecule has 0 heterocycles. The highest BCUT2D eigenvalue weighted by molar-refractivity contribution is 4.85. The van der Waals surface area contributed by atoms with Crippen molar-refractivity contribution in [1.29, 1.82) is 0 Å². The number of aliphatic hydroxyl groups is 1. The monoisotopic (exact) mass is 253 g/mol. The predicted molar refractivity (Wildman–Crippen MR) is 78.3 cm³/mol. The average Bonchev–Trinajstić information content (AvgIpc) is 2.35. The lowest BCUT2D eigenvalue weighted by Crippen LogP contribution is -2.44. The molecular weight excluding hydrogens is 222 g/mol. The van der Waals surface area contributed by atoms with Gasteiger partial charge in [0.15, 0.2) is 0 Å². The van der Waals surface area contributed by atoms with E-state index in [-0.39, 0.29) is 0 Å². The van der Waals surface area contributed by atoms with Crippen molar-refractivity contribution < 1.29 is 5.11 Å². The van der Waals surface area contributed by atoms with Crippen molar-refractivity contribution in [1.82, 2.24) is 5.32 Å². The van der Waals surface area contributed by atoms with Crippen molar-refractivity contribution in [3.8, 4) is 0 Å². The minimum Gasteiger partial charge on any atom is -0.375 e. The summed E-state index contributed by atoms with van der Waals surface area (Å²) in [4.78, 5) is 0. The smallest absolute Gasteiger partial charge is 0.124 e. The van der Waals surface area contributed by atoms with Crippen LogP contribution in [0, 0.1) is 17.8 Å². The first-order valence-corrected chi connectivity index (χ1v) is 7.61. The van der Waals surface area contributed by atoms with Crippen LogP contribution in [0.25, 0.3) is 0 Å². The quantitative estimate of drug-likeness (QED) is 0.593. The molecule has 0 aromatic carbocycles. The SMILES string of the molecule is C=CC(O)NC1CC(C)CCCCCC(C)C1C. The lowest BCUT2D eigenvalue weighted by atomic mass is 9.79. The molecule has 1 aliphatic carbocycles. The predicted octanol–water partition coefficient (Wildman–Crippen LogP) is 3.71. The third-order valence-electron chi connectivity index (χ3n) is 4.65. The standard InChI is InChI=1S/C16H31NO/c1-5-16(18)17-15-11-12(2)9-7-6-8-10-13(3)14(15)4/h5,12-18H,1,6-11H2,2-4H3. The van der Waals surface area contributed by atoms with Gasteiger partial charge in [0.1, 0.15) is 6.23 Å². The molecule has 0 aromatic rings. The molecule has 106 valence electrons. The van der Waals surface area contributed by atoms with E-state index >= 15 is 0 Å². The second kappa shape index (κ2) is 7.96. The van der Waals surface area contributed by atoms with E-state index in [2.05, 4.69) is 32.7 Å². The summed E-state index contributed by atoms with van der Waals surface area (Å²) >= 11 is 0. The Balaban J connectivity index is 2.67. The molecule has 1 fully saturated rings. The minimum atomic E-state index is -0.570. The van der Waals surface area contributed by atoms with Crippen LogP contribution in [0.3, 0.4) is 0 Å². The Kier molecular flexibility index (Phi) is 6.95. The fourth-order valence-electron chi connectivity index (χ4n) is 3.07. The Morgan fingerprint density at radius 2 is 1.83 bits per heavy atom. The van der Waals surface area contributed by atoms with Gasteiger partial charge < -0.3 is 5.11 Å². The molecular formula is C16H31NO. The maximum absolute atomic E-state index is 9.76. The molecule has 5 atom stereocenters. The molecule has 2 heteroatoms. The van der Waals surface area contributed by atoms with Gasteiger partial charge in [0.2, 0.25) is 0 Å². The third kappa shape index (κ3) is 5.11. The summed E-state index contributed by atoms with van der Waals surface area (Å²) in [7, 11) is 0. The van der Waals surface area contributed by atoms with E-state index in [1.165, 1.54) is 32.1 Å². The number of aliphatic hydroxyl groups excluding tert-OH is 1. The number of hydrogen-bond acceptors (Lipinski definition) is 2. The van der Waals surface area contributed by atoms with Crippen LogP contribution in [0.5, 0.6) is 0 Å². The molecule has 2 N–H and O–H groups in total. The summed E-state index contributed by atoms with van der Waals surface area (Å²) in [6.07, 6.45) is 8.92. The normalized spacial score (nSPS) is 36.9. The van der Waals surface area contributed by atoms with Crippen LogP contribution < -0.4 is 5.32 Å². The van der Waals surface area contributed by atoms with Gasteiger partial charge in [-0.3, -0.25) is 5.32 Å². The lowest BCUT2D eigenvalue weighted by molar-refractivity contribution is 0.124. The summed E-state index contributed by atoms with van der Waals surface area (Å²) in [6.45, 7) is 10.7. The molecule has 0 aliphatic heterocycles. The first-order chi connectivity index (χ1) is 8.54. The van der Waals surface area contributed by atoms with Gasteiger partial charge in [-0.2, -0.15) is 0 Å². The molecule has 5 unspecified atom stereocenters. The van der Waals surface area contributed by atoms with Crippen molar-refractivity contribution in [3.05, 3.63) is 12.7 Å². The molecule has 1 aliphatic rings. The highest BCUT2D eigenvalue weighted by atomic mass is 16.3. The van der Waals surface area contributed by atoms with Crippen molar-refractivity contribution in [2.45, 2.75) is 71.6 Å². The third-order valence-corrected chi connectivity index (χ3v) is 4.65. The van der Waals surface area contributed by atoms with Crippen molar-refractivity contribution in [2.75, 3.05) is 0 Å². The van der Waals surface area contributed by atoms with Crippen LogP contribution >= 0.6 is 0 Å². The molecule has 0 spiro atoms. The maximum atomic E-state index is 9.76. The summed E-state index contributed by atoms with van der Waals surface area (Å²) in [6, 6.07) is 0.404. The number of hydrogen-bond donors (Lipinski definition) is 2. The molecule has 2 nitrogen and oxygen atoms in total. The highest BCUT2D eigenvalue weighted by Crippen LogP contribution is 2.29. The minimum absolute atomic E-state index is 0.404. The van der Waals surface area contributed by atoms with Crippen LogP contribution in [0.15, 0.2) is 12.7 Å². The maximum Gasteiger partial charge on any atom is 0.124 e. The summed E-state index contributed by atoms with van der Waals surface area (Å²) in [5.74, 6) is 2.08. The van der Waals surface area contributed by atoms with Gasteiger partial charge in [-0.15, -0.1) is 0 Å². The second-order valence-electron chi connectivity index (χ2n) is 6.27. The van der Waals surface area contributed by atoms with Gasteiger partial charge in [0.05, 0.1) is 0 Å². The van der Waals surface area contributed by atoms with Crippen LogP contribution in [-0.2, 0) is 0 Å². The fourth-order valence-corrected chi connectivity index (χ4v) is 3.07. The van der Waals surface area contributed by atoms with E-state index < -0.39 is 6.23 Å². The van der Waals surface area contributed by atoms with Gasteiger partial charge in [0, 0.05) is 6.04 Å². The average molecular weight is 253 g/mol. The Morgan fingerprint density at radius 3 is 2.50 bits per heavy atom. The van der Waals surface area contributed by atoms with Gasteiger partial charge in [-0.1, -0.05) is 59.5 Å². The largest absolute Gasteiger partial charge is 0.375 e. The van der Waals surface area contributed by atoms with Crippen molar-refractivity contribution >= 4 is 0 Å². The molecule has 1 rings (SSSR count). The Morgan fingerprint density at radius 1 is 1.17 bits per heavy atom. The van der Waals surface area contributed by atoms with Crippen LogP contribution in [0.2, 0.25) is 0 Å².